The van der Waals surface area contributed by atoms with Gasteiger partial charge in [0.05, 0.1) is 30.0 Å². The van der Waals surface area contributed by atoms with Crippen LogP contribution in [0.3, 0.4) is 0 Å². The van der Waals surface area contributed by atoms with Gasteiger partial charge in [0.25, 0.3) is 0 Å². The van der Waals surface area contributed by atoms with Crippen LogP contribution in [0.15, 0.2) is 30.5 Å². The third kappa shape index (κ3) is 12.0. The van der Waals surface area contributed by atoms with Gasteiger partial charge in [0.1, 0.15) is 35.7 Å². The number of nitrogens with zero attached hydrogens (tertiary/aromatic N) is 5. The minimum absolute atomic E-state index is 0.0515. The number of anilines is 1. The van der Waals surface area contributed by atoms with Crippen molar-refractivity contribution in [1.29, 1.82) is 0 Å². The molecule has 2 aliphatic rings. The van der Waals surface area contributed by atoms with Crippen molar-refractivity contribution in [3.8, 4) is 11.3 Å². The molecule has 0 bridgehead atoms. The van der Waals surface area contributed by atoms with Gasteiger partial charge in [-0.1, -0.05) is 31.2 Å². The Labute approximate surface area is 337 Å². The summed E-state index contributed by atoms with van der Waals surface area (Å²) in [7, 11) is 5.32. The number of nitrogen functional groups attached to an aromatic ring is 1. The maximum atomic E-state index is 13.7. The van der Waals surface area contributed by atoms with E-state index in [0.29, 0.717) is 56.7 Å². The third-order valence-electron chi connectivity index (χ3n) is 11.7. The number of aromatic nitrogens is 3. The molecular weight excluding hydrogens is 734 g/mol. The number of ether oxygens (including phenoxy) is 4. The van der Waals surface area contributed by atoms with Crippen molar-refractivity contribution in [2.24, 2.45) is 5.92 Å². The minimum Gasteiger partial charge on any atom is -0.459 e. The summed E-state index contributed by atoms with van der Waals surface area (Å²) in [5.74, 6) is -1.30. The predicted octanol–water partition coefficient (Wildman–Crippen LogP) is 2.79. The minimum atomic E-state index is -1.71. The average molecular weight is 802 g/mol. The Kier molecular flexibility index (Phi) is 16.6. The highest BCUT2D eigenvalue weighted by molar-refractivity contribution is 5.95. The first-order valence-electron chi connectivity index (χ1n) is 20.3. The van der Waals surface area contributed by atoms with Crippen molar-refractivity contribution in [2.45, 2.75) is 153 Å². The number of likely N-dealkylation sites (N-methyl/N-ethyl adjacent to an activating group) is 1. The topological polar surface area (TPSA) is 204 Å². The van der Waals surface area contributed by atoms with Crippen molar-refractivity contribution in [3.05, 3.63) is 30.5 Å². The smallest absolute Gasteiger partial charge is 0.313 e. The first-order chi connectivity index (χ1) is 26.9. The fourth-order valence-corrected chi connectivity index (χ4v) is 8.47. The maximum absolute atomic E-state index is 13.7. The number of nitrogens with one attached hydrogen (secondary N) is 1. The lowest BCUT2D eigenvalue weighted by atomic mass is 9.82. The summed E-state index contributed by atoms with van der Waals surface area (Å²) in [6, 6.07) is 5.93. The molecule has 0 spiro atoms. The van der Waals surface area contributed by atoms with Crippen molar-refractivity contribution in [2.75, 3.05) is 40.0 Å². The second kappa shape index (κ2) is 20.5. The van der Waals surface area contributed by atoms with E-state index in [9.17, 15) is 24.6 Å². The maximum Gasteiger partial charge on any atom is 0.313 e. The van der Waals surface area contributed by atoms with Crippen LogP contribution in [0.2, 0.25) is 0 Å². The molecule has 2 aliphatic heterocycles. The molecule has 0 saturated carbocycles. The molecular formula is C41H67N7O9. The normalized spacial score (nSPS) is 33.6. The number of amides is 1. The summed E-state index contributed by atoms with van der Waals surface area (Å²) in [5, 5.41) is 35.7. The van der Waals surface area contributed by atoms with E-state index >= 15 is 0 Å². The number of cyclic esters (lactones) is 1. The van der Waals surface area contributed by atoms with E-state index in [4.69, 9.17) is 24.7 Å². The van der Waals surface area contributed by atoms with E-state index < -0.39 is 66.1 Å². The van der Waals surface area contributed by atoms with Gasteiger partial charge in [-0.25, -0.2) is 0 Å². The summed E-state index contributed by atoms with van der Waals surface area (Å²) >= 11 is 0. The highest BCUT2D eigenvalue weighted by Gasteiger charge is 2.48. The van der Waals surface area contributed by atoms with Crippen LogP contribution in [-0.4, -0.2) is 147 Å². The van der Waals surface area contributed by atoms with Crippen molar-refractivity contribution >= 4 is 23.9 Å². The number of Topliss-reactive ketones (excluding diaryl/α,β-unsaturated/α-hetero) is 1. The highest BCUT2D eigenvalue weighted by atomic mass is 16.7. The lowest BCUT2D eigenvalue weighted by Gasteiger charge is -2.46. The molecule has 1 aromatic heterocycles. The van der Waals surface area contributed by atoms with E-state index in [0.717, 1.165) is 12.0 Å². The number of unbranched alkanes of at least 4 members (excludes halogenated alkanes) is 1. The number of carbonyl (C=O) groups excluding carboxylic acids is 3. The van der Waals surface area contributed by atoms with Gasteiger partial charge in [0.15, 0.2) is 6.29 Å². The number of hydrogen-bond acceptors (Lipinski definition) is 14. The lowest BCUT2D eigenvalue weighted by Crippen LogP contribution is -2.65. The van der Waals surface area contributed by atoms with Gasteiger partial charge >= 0.3 is 5.97 Å². The van der Waals surface area contributed by atoms with Gasteiger partial charge in [0.2, 0.25) is 6.41 Å². The summed E-state index contributed by atoms with van der Waals surface area (Å²) in [6.07, 6.45) is 0.187. The van der Waals surface area contributed by atoms with Crippen LogP contribution < -0.4 is 11.1 Å². The van der Waals surface area contributed by atoms with E-state index in [2.05, 4.69) is 15.6 Å². The number of ketones is 1. The predicted molar refractivity (Wildman–Crippen MR) is 215 cm³/mol. The van der Waals surface area contributed by atoms with Crippen molar-refractivity contribution < 1.29 is 43.5 Å². The fourth-order valence-electron chi connectivity index (χ4n) is 8.47. The summed E-state index contributed by atoms with van der Waals surface area (Å²) in [4.78, 5) is 43.4. The zero-order valence-corrected chi connectivity index (χ0v) is 35.3. The number of nitrogens with two attached hydrogens (primary N) is 1. The van der Waals surface area contributed by atoms with E-state index in [1.54, 1.807) is 30.5 Å². The first-order valence-corrected chi connectivity index (χ1v) is 20.3. The van der Waals surface area contributed by atoms with Gasteiger partial charge in [-0.3, -0.25) is 19.1 Å². The molecule has 1 aromatic carbocycles. The zero-order chi connectivity index (χ0) is 42.1. The van der Waals surface area contributed by atoms with E-state index in [1.165, 1.54) is 0 Å². The number of aliphatic hydroxyl groups excluding tert-OH is 1. The monoisotopic (exact) mass is 802 g/mol. The number of benzene rings is 1. The molecule has 320 valence electrons. The number of aryl methyl sites for hydroxylation is 1. The van der Waals surface area contributed by atoms with Crippen LogP contribution in [0, 0.1) is 5.92 Å². The van der Waals surface area contributed by atoms with Crippen molar-refractivity contribution in [3.63, 3.8) is 0 Å². The van der Waals surface area contributed by atoms with E-state index in [1.807, 2.05) is 77.2 Å². The molecule has 1 amide bonds. The number of aliphatic hydroxyl groups is 2. The lowest BCUT2D eigenvalue weighted by molar-refractivity contribution is -0.289. The van der Waals surface area contributed by atoms with Crippen LogP contribution in [0.25, 0.3) is 11.3 Å². The summed E-state index contributed by atoms with van der Waals surface area (Å²) < 4.78 is 26.3. The third-order valence-corrected chi connectivity index (χ3v) is 11.7. The molecule has 2 unspecified atom stereocenters. The summed E-state index contributed by atoms with van der Waals surface area (Å²) in [6.45, 7) is 12.4. The first kappa shape index (κ1) is 46.2. The van der Waals surface area contributed by atoms with Gasteiger partial charge in [-0.05, 0) is 98.5 Å². The molecule has 0 aliphatic carbocycles. The molecule has 16 heteroatoms. The number of rotatable bonds is 13. The molecule has 3 heterocycles. The molecule has 2 fully saturated rings. The molecule has 2 saturated heterocycles. The SMILES string of the molecule is CC[C@H]1OC(=O)CC(=O)C[C@@H](O[C@@H]2O[C@H](C)CC(N(C)C)C2O)[C@](C)(OC)C[C@@H](C)CN[C@H](C)[C@@H](N(C=O)CCCCn2cc(-c3cccc(N)c3)nn2)[C@]1(C)O. The molecule has 2 aromatic rings. The van der Waals surface area contributed by atoms with Gasteiger partial charge < -0.3 is 50.0 Å². The van der Waals surface area contributed by atoms with Gasteiger partial charge in [-0.2, -0.15) is 0 Å². The van der Waals surface area contributed by atoms with Crippen LogP contribution in [0.5, 0.6) is 0 Å². The molecule has 16 nitrogen and oxygen atoms in total. The van der Waals surface area contributed by atoms with Crippen LogP contribution in [0.1, 0.15) is 86.5 Å². The van der Waals surface area contributed by atoms with Crippen LogP contribution in [0.4, 0.5) is 5.69 Å². The Morgan fingerprint density at radius 1 is 1.18 bits per heavy atom. The Hall–Kier alpha value is -3.51. The van der Waals surface area contributed by atoms with Crippen molar-refractivity contribution in [1.82, 2.24) is 30.1 Å². The molecule has 0 radical (unpaired) electrons. The largest absolute Gasteiger partial charge is 0.459 e. The fraction of sp³-hybridized carbons (Fsp3) is 0.732. The molecule has 11 atom stereocenters. The summed E-state index contributed by atoms with van der Waals surface area (Å²) in [5.41, 5.74) is 5.41. The zero-order valence-electron chi connectivity index (χ0n) is 35.3. The number of carbonyl (C=O) groups is 3. The quantitative estimate of drug-likeness (QED) is 0.0757. The number of esters is 1. The average Bonchev–Trinajstić information content (AvgIpc) is 3.63. The molecule has 57 heavy (non-hydrogen) atoms. The van der Waals surface area contributed by atoms with Crippen LogP contribution in [-0.2, 0) is 39.9 Å². The Morgan fingerprint density at radius 3 is 2.56 bits per heavy atom. The molecule has 5 N–H and O–H groups in total. The van der Waals surface area contributed by atoms with Crippen LogP contribution >= 0.6 is 0 Å². The Morgan fingerprint density at radius 2 is 1.91 bits per heavy atom. The number of hydrogen-bond donors (Lipinski definition) is 4. The second-order valence-electron chi connectivity index (χ2n) is 16.7. The van der Waals surface area contributed by atoms with Gasteiger partial charge in [0, 0.05) is 50.0 Å². The highest BCUT2D eigenvalue weighted by Crippen LogP contribution is 2.34. The number of methoxy groups -OCH3 is 1. The standard InChI is InChI=1S/C41H67N7O9/c1-10-34-41(6,53)38(47(25-49)16-11-12-17-48-24-32(44-45-48)29-14-13-15-30(42)19-29)28(4)43-23-26(2)22-40(5,54-9)35(20-31(50)21-36(51)56-34)57-39-37(52)33(46(7)8)18-27(3)55-39/h13-15,19,24-28,33-35,37-39,43,52-53H,10-12,16-18,20-23,42H2,1-9H3/t26-,27-,28-,33?,34-,35-,37?,38-,39+,40-,41-/m1/s1. The Balaban J connectivity index is 1.53. The second-order valence-corrected chi connectivity index (χ2v) is 16.7. The van der Waals surface area contributed by atoms with E-state index in [-0.39, 0.29) is 30.9 Å². The van der Waals surface area contributed by atoms with Gasteiger partial charge in [-0.15, -0.1) is 5.10 Å². The molecule has 4 rings (SSSR count). The Bertz CT molecular complexity index is 1610.